The molecule has 0 aliphatic heterocycles. The van der Waals surface area contributed by atoms with Gasteiger partial charge in [0, 0.05) is 26.3 Å². The number of aryl methyl sites for hydroxylation is 3. The SMILES string of the molecule is Cc1cc(C)c(CNc2ccc(N(C)C)c(Cl)c2)cc1C. The molecule has 0 saturated heterocycles. The topological polar surface area (TPSA) is 15.3 Å². The molecule has 0 heterocycles. The van der Waals surface area contributed by atoms with Crippen molar-refractivity contribution in [2.45, 2.75) is 27.3 Å². The number of nitrogens with zero attached hydrogens (tertiary/aromatic N) is 1. The zero-order valence-corrected chi connectivity index (χ0v) is 14.2. The van der Waals surface area contributed by atoms with E-state index in [0.29, 0.717) is 0 Å². The highest BCUT2D eigenvalue weighted by molar-refractivity contribution is 6.33. The van der Waals surface area contributed by atoms with Gasteiger partial charge in [0.2, 0.25) is 0 Å². The third-order valence-electron chi connectivity index (χ3n) is 3.86. The standard InChI is InChI=1S/C18H23ClN2/c1-12-8-14(3)15(9-13(12)2)11-20-16-6-7-18(21(4)5)17(19)10-16/h6-10,20H,11H2,1-5H3. The van der Waals surface area contributed by atoms with E-state index in [1.165, 1.54) is 22.3 Å². The van der Waals surface area contributed by atoms with Crippen LogP contribution in [0.15, 0.2) is 30.3 Å². The van der Waals surface area contributed by atoms with Gasteiger partial charge in [-0.1, -0.05) is 23.7 Å². The van der Waals surface area contributed by atoms with Crippen LogP contribution in [0, 0.1) is 20.8 Å². The average Bonchev–Trinajstić information content (AvgIpc) is 2.41. The highest BCUT2D eigenvalue weighted by Crippen LogP contribution is 2.27. The van der Waals surface area contributed by atoms with E-state index in [0.717, 1.165) is 22.9 Å². The van der Waals surface area contributed by atoms with Crippen LogP contribution in [-0.4, -0.2) is 14.1 Å². The summed E-state index contributed by atoms with van der Waals surface area (Å²) < 4.78 is 0. The number of hydrogen-bond donors (Lipinski definition) is 1. The highest BCUT2D eigenvalue weighted by Gasteiger charge is 2.05. The van der Waals surface area contributed by atoms with Crippen LogP contribution in [0.1, 0.15) is 22.3 Å². The monoisotopic (exact) mass is 302 g/mol. The van der Waals surface area contributed by atoms with Gasteiger partial charge in [0.15, 0.2) is 0 Å². The number of anilines is 2. The molecular weight excluding hydrogens is 280 g/mol. The molecule has 2 aromatic carbocycles. The Bertz CT molecular complexity index is 648. The summed E-state index contributed by atoms with van der Waals surface area (Å²) in [7, 11) is 3.99. The lowest BCUT2D eigenvalue weighted by molar-refractivity contribution is 1.10. The third-order valence-corrected chi connectivity index (χ3v) is 4.17. The van der Waals surface area contributed by atoms with Gasteiger partial charge in [-0.2, -0.15) is 0 Å². The number of benzene rings is 2. The van der Waals surface area contributed by atoms with E-state index in [1.807, 2.05) is 31.1 Å². The van der Waals surface area contributed by atoms with Gasteiger partial charge in [-0.15, -0.1) is 0 Å². The van der Waals surface area contributed by atoms with E-state index < -0.39 is 0 Å². The summed E-state index contributed by atoms with van der Waals surface area (Å²) in [5.41, 5.74) is 7.40. The van der Waals surface area contributed by atoms with Gasteiger partial charge in [0.05, 0.1) is 10.7 Å². The maximum atomic E-state index is 6.30. The molecule has 1 N–H and O–H groups in total. The van der Waals surface area contributed by atoms with Crippen LogP contribution >= 0.6 is 11.6 Å². The van der Waals surface area contributed by atoms with E-state index in [9.17, 15) is 0 Å². The van der Waals surface area contributed by atoms with Gasteiger partial charge in [0.25, 0.3) is 0 Å². The van der Waals surface area contributed by atoms with Crippen molar-refractivity contribution in [2.24, 2.45) is 0 Å². The summed E-state index contributed by atoms with van der Waals surface area (Å²) in [5.74, 6) is 0. The zero-order valence-electron chi connectivity index (χ0n) is 13.4. The van der Waals surface area contributed by atoms with Gasteiger partial charge >= 0.3 is 0 Å². The molecule has 0 spiro atoms. The summed E-state index contributed by atoms with van der Waals surface area (Å²) in [6.45, 7) is 7.27. The number of halogens is 1. The minimum Gasteiger partial charge on any atom is -0.381 e. The van der Waals surface area contributed by atoms with Crippen LogP contribution in [0.25, 0.3) is 0 Å². The Morgan fingerprint density at radius 1 is 0.952 bits per heavy atom. The summed E-state index contributed by atoms with van der Waals surface area (Å²) in [6.07, 6.45) is 0. The zero-order chi connectivity index (χ0) is 15.6. The first-order chi connectivity index (χ1) is 9.88. The van der Waals surface area contributed by atoms with Crippen molar-refractivity contribution in [3.05, 3.63) is 57.6 Å². The second-order valence-corrected chi connectivity index (χ2v) is 6.18. The van der Waals surface area contributed by atoms with Crippen LogP contribution in [0.3, 0.4) is 0 Å². The molecule has 0 atom stereocenters. The van der Waals surface area contributed by atoms with Crippen LogP contribution < -0.4 is 10.2 Å². The van der Waals surface area contributed by atoms with Crippen LogP contribution in [0.2, 0.25) is 5.02 Å². The summed E-state index contributed by atoms with van der Waals surface area (Å²) in [5, 5.41) is 4.22. The Morgan fingerprint density at radius 2 is 1.62 bits per heavy atom. The lowest BCUT2D eigenvalue weighted by Crippen LogP contribution is -2.09. The second-order valence-electron chi connectivity index (χ2n) is 5.78. The smallest absolute Gasteiger partial charge is 0.0659 e. The van der Waals surface area contributed by atoms with Crippen LogP contribution in [0.4, 0.5) is 11.4 Å². The van der Waals surface area contributed by atoms with E-state index in [4.69, 9.17) is 11.6 Å². The molecule has 0 fully saturated rings. The Kier molecular flexibility index (Phi) is 4.79. The fourth-order valence-corrected chi connectivity index (χ4v) is 2.74. The summed E-state index contributed by atoms with van der Waals surface area (Å²) in [6, 6.07) is 10.6. The Balaban J connectivity index is 2.13. The third kappa shape index (κ3) is 3.70. The van der Waals surface area contributed by atoms with Crippen molar-refractivity contribution in [3.8, 4) is 0 Å². The van der Waals surface area contributed by atoms with Gasteiger partial charge in [-0.05, 0) is 61.2 Å². The molecule has 2 aromatic rings. The van der Waals surface area contributed by atoms with Crippen molar-refractivity contribution in [1.29, 1.82) is 0 Å². The van der Waals surface area contributed by atoms with Crippen molar-refractivity contribution in [2.75, 3.05) is 24.3 Å². The quantitative estimate of drug-likeness (QED) is 0.860. The minimum atomic E-state index is 0.766. The van der Waals surface area contributed by atoms with Crippen LogP contribution in [0.5, 0.6) is 0 Å². The van der Waals surface area contributed by atoms with Gasteiger partial charge in [0.1, 0.15) is 0 Å². The predicted octanol–water partition coefficient (Wildman–Crippen LogP) is 4.94. The largest absolute Gasteiger partial charge is 0.381 e. The molecule has 0 bridgehead atoms. The number of hydrogen-bond acceptors (Lipinski definition) is 2. The minimum absolute atomic E-state index is 0.766. The van der Waals surface area contributed by atoms with Crippen molar-refractivity contribution in [3.63, 3.8) is 0 Å². The second kappa shape index (κ2) is 6.40. The molecule has 2 rings (SSSR count). The van der Waals surface area contributed by atoms with E-state index >= 15 is 0 Å². The average molecular weight is 303 g/mol. The Morgan fingerprint density at radius 3 is 2.24 bits per heavy atom. The molecule has 2 nitrogen and oxygen atoms in total. The number of rotatable bonds is 4. The Hall–Kier alpha value is -1.67. The predicted molar refractivity (Wildman–Crippen MR) is 93.8 cm³/mol. The molecule has 3 heteroatoms. The highest BCUT2D eigenvalue weighted by atomic mass is 35.5. The molecule has 0 aromatic heterocycles. The molecule has 0 aliphatic carbocycles. The van der Waals surface area contributed by atoms with E-state index in [-0.39, 0.29) is 0 Å². The van der Waals surface area contributed by atoms with Gasteiger partial charge in [-0.25, -0.2) is 0 Å². The fourth-order valence-electron chi connectivity index (χ4n) is 2.39. The molecule has 0 amide bonds. The van der Waals surface area contributed by atoms with E-state index in [2.05, 4.69) is 44.3 Å². The first-order valence-corrected chi connectivity index (χ1v) is 7.53. The first-order valence-electron chi connectivity index (χ1n) is 7.16. The molecule has 0 unspecified atom stereocenters. The molecular formula is C18H23ClN2. The summed E-state index contributed by atoms with van der Waals surface area (Å²) >= 11 is 6.30. The van der Waals surface area contributed by atoms with Gasteiger partial charge in [-0.3, -0.25) is 0 Å². The van der Waals surface area contributed by atoms with Crippen LogP contribution in [-0.2, 0) is 6.54 Å². The molecule has 0 radical (unpaired) electrons. The van der Waals surface area contributed by atoms with Crippen molar-refractivity contribution in [1.82, 2.24) is 0 Å². The van der Waals surface area contributed by atoms with Crippen molar-refractivity contribution < 1.29 is 0 Å². The lowest BCUT2D eigenvalue weighted by atomic mass is 10.0. The van der Waals surface area contributed by atoms with Crippen molar-refractivity contribution >= 4 is 23.0 Å². The molecule has 0 saturated carbocycles. The maximum Gasteiger partial charge on any atom is 0.0659 e. The normalized spacial score (nSPS) is 10.6. The molecule has 0 aliphatic rings. The lowest BCUT2D eigenvalue weighted by Gasteiger charge is -2.16. The Labute approximate surface area is 132 Å². The van der Waals surface area contributed by atoms with Gasteiger partial charge < -0.3 is 10.2 Å². The fraction of sp³-hybridized carbons (Fsp3) is 0.333. The summed E-state index contributed by atoms with van der Waals surface area (Å²) in [4.78, 5) is 2.01. The molecule has 21 heavy (non-hydrogen) atoms. The number of nitrogens with one attached hydrogen (secondary N) is 1. The molecule has 112 valence electrons. The maximum absolute atomic E-state index is 6.30. The van der Waals surface area contributed by atoms with E-state index in [1.54, 1.807) is 0 Å². The first kappa shape index (κ1) is 15.7.